The summed E-state index contributed by atoms with van der Waals surface area (Å²) in [6.45, 7) is 6.47. The lowest BCUT2D eigenvalue weighted by molar-refractivity contribution is -0.0157. The fraction of sp³-hybridized carbons (Fsp3) is 1.00. The molecular weight excluding hydrogens is 214 g/mol. The van der Waals surface area contributed by atoms with Crippen LogP contribution in [0.3, 0.4) is 0 Å². The second kappa shape index (κ2) is 6.17. The molecule has 3 nitrogen and oxygen atoms in total. The lowest BCUT2D eigenvalue weighted by atomic mass is 9.79. The van der Waals surface area contributed by atoms with Crippen molar-refractivity contribution in [2.24, 2.45) is 5.92 Å². The van der Waals surface area contributed by atoms with Crippen molar-refractivity contribution in [3.8, 4) is 0 Å². The van der Waals surface area contributed by atoms with E-state index in [-0.39, 0.29) is 12.2 Å². The summed E-state index contributed by atoms with van der Waals surface area (Å²) < 4.78 is 5.47. The standard InChI is InChI=1S/C14H27NO2/c1-11(2)17-10-13(16)9-15-8-4-7-14(15)12-5-3-6-12/h11-14,16H,3-10H2,1-2H3. The minimum absolute atomic E-state index is 0.214. The number of rotatable bonds is 6. The Morgan fingerprint density at radius 3 is 2.59 bits per heavy atom. The summed E-state index contributed by atoms with van der Waals surface area (Å²) in [5.41, 5.74) is 0. The average Bonchev–Trinajstić information content (AvgIpc) is 2.61. The summed E-state index contributed by atoms with van der Waals surface area (Å²) in [6.07, 6.45) is 6.75. The van der Waals surface area contributed by atoms with Crippen LogP contribution in [0.2, 0.25) is 0 Å². The normalized spacial score (nSPS) is 28.6. The van der Waals surface area contributed by atoms with Crippen LogP contribution in [0.25, 0.3) is 0 Å². The molecule has 2 unspecified atom stereocenters. The van der Waals surface area contributed by atoms with Gasteiger partial charge in [-0.05, 0) is 52.0 Å². The lowest BCUT2D eigenvalue weighted by Gasteiger charge is -2.37. The van der Waals surface area contributed by atoms with Crippen molar-refractivity contribution < 1.29 is 9.84 Å². The zero-order valence-corrected chi connectivity index (χ0v) is 11.3. The minimum Gasteiger partial charge on any atom is -0.389 e. The van der Waals surface area contributed by atoms with Crippen molar-refractivity contribution in [3.05, 3.63) is 0 Å². The summed E-state index contributed by atoms with van der Waals surface area (Å²) >= 11 is 0. The maximum Gasteiger partial charge on any atom is 0.0900 e. The second-order valence-corrected chi connectivity index (χ2v) is 5.93. The first-order valence-corrected chi connectivity index (χ1v) is 7.20. The van der Waals surface area contributed by atoms with E-state index in [2.05, 4.69) is 4.90 Å². The molecule has 0 amide bonds. The highest BCUT2D eigenvalue weighted by Gasteiger charge is 2.35. The highest BCUT2D eigenvalue weighted by molar-refractivity contribution is 4.89. The molecule has 0 aromatic heterocycles. The highest BCUT2D eigenvalue weighted by Crippen LogP contribution is 2.37. The van der Waals surface area contributed by atoms with Crippen molar-refractivity contribution in [2.75, 3.05) is 19.7 Å². The van der Waals surface area contributed by atoms with Crippen LogP contribution in [0.4, 0.5) is 0 Å². The van der Waals surface area contributed by atoms with Crippen LogP contribution < -0.4 is 0 Å². The third-order valence-electron chi connectivity index (χ3n) is 4.18. The molecule has 0 bridgehead atoms. The Kier molecular flexibility index (Phi) is 4.83. The molecule has 1 saturated heterocycles. The van der Waals surface area contributed by atoms with Crippen molar-refractivity contribution >= 4 is 0 Å². The molecule has 1 aliphatic heterocycles. The first kappa shape index (κ1) is 13.3. The Morgan fingerprint density at radius 1 is 1.24 bits per heavy atom. The summed E-state index contributed by atoms with van der Waals surface area (Å²) in [5, 5.41) is 9.98. The molecule has 2 aliphatic rings. The average molecular weight is 241 g/mol. The van der Waals surface area contributed by atoms with Crippen LogP contribution in [0.5, 0.6) is 0 Å². The molecule has 100 valence electrons. The Bertz CT molecular complexity index is 228. The topological polar surface area (TPSA) is 32.7 Å². The van der Waals surface area contributed by atoms with E-state index in [1.54, 1.807) is 0 Å². The predicted octanol–water partition coefficient (Wildman–Crippen LogP) is 2.04. The molecule has 2 rings (SSSR count). The molecule has 1 N–H and O–H groups in total. The van der Waals surface area contributed by atoms with Gasteiger partial charge in [-0.3, -0.25) is 4.90 Å². The number of β-amino-alcohol motifs (C(OH)–C–C–N with tert-alkyl or cyclic N) is 1. The fourth-order valence-corrected chi connectivity index (χ4v) is 3.06. The van der Waals surface area contributed by atoms with Gasteiger partial charge in [-0.2, -0.15) is 0 Å². The molecule has 0 aromatic carbocycles. The number of likely N-dealkylation sites (tertiary alicyclic amines) is 1. The Balaban J connectivity index is 1.72. The number of hydrogen-bond acceptors (Lipinski definition) is 3. The Labute approximate surface area is 105 Å². The van der Waals surface area contributed by atoms with Crippen molar-refractivity contribution in [3.63, 3.8) is 0 Å². The maximum atomic E-state index is 9.98. The smallest absolute Gasteiger partial charge is 0.0900 e. The molecule has 1 aliphatic carbocycles. The van der Waals surface area contributed by atoms with Gasteiger partial charge in [-0.1, -0.05) is 6.42 Å². The SMILES string of the molecule is CC(C)OCC(O)CN1CCCC1C1CCC1. The van der Waals surface area contributed by atoms with E-state index < -0.39 is 0 Å². The molecule has 17 heavy (non-hydrogen) atoms. The maximum absolute atomic E-state index is 9.98. The van der Waals surface area contributed by atoms with E-state index >= 15 is 0 Å². The summed E-state index contributed by atoms with van der Waals surface area (Å²) in [7, 11) is 0. The van der Waals surface area contributed by atoms with Gasteiger partial charge in [-0.15, -0.1) is 0 Å². The monoisotopic (exact) mass is 241 g/mol. The molecular formula is C14H27NO2. The second-order valence-electron chi connectivity index (χ2n) is 5.93. The van der Waals surface area contributed by atoms with Gasteiger partial charge in [-0.25, -0.2) is 0 Å². The third-order valence-corrected chi connectivity index (χ3v) is 4.18. The molecule has 1 heterocycles. The number of ether oxygens (including phenoxy) is 1. The van der Waals surface area contributed by atoms with Crippen LogP contribution >= 0.6 is 0 Å². The van der Waals surface area contributed by atoms with E-state index in [1.807, 2.05) is 13.8 Å². The molecule has 0 spiro atoms. The Hall–Kier alpha value is -0.120. The Morgan fingerprint density at radius 2 is 2.00 bits per heavy atom. The van der Waals surface area contributed by atoms with E-state index in [4.69, 9.17) is 4.74 Å². The quantitative estimate of drug-likeness (QED) is 0.772. The molecule has 3 heteroatoms. The van der Waals surface area contributed by atoms with Gasteiger partial charge in [0.15, 0.2) is 0 Å². The number of aliphatic hydroxyl groups is 1. The largest absolute Gasteiger partial charge is 0.389 e. The van der Waals surface area contributed by atoms with Crippen molar-refractivity contribution in [2.45, 2.75) is 64.2 Å². The van der Waals surface area contributed by atoms with Crippen LogP contribution in [0, 0.1) is 5.92 Å². The van der Waals surface area contributed by atoms with E-state index in [0.717, 1.165) is 18.5 Å². The molecule has 0 aromatic rings. The molecule has 2 fully saturated rings. The van der Waals surface area contributed by atoms with Crippen molar-refractivity contribution in [1.82, 2.24) is 4.90 Å². The molecule has 1 saturated carbocycles. The van der Waals surface area contributed by atoms with Gasteiger partial charge in [0.1, 0.15) is 0 Å². The van der Waals surface area contributed by atoms with Gasteiger partial charge in [0, 0.05) is 12.6 Å². The summed E-state index contributed by atoms with van der Waals surface area (Å²) in [4.78, 5) is 2.50. The molecule has 2 atom stereocenters. The van der Waals surface area contributed by atoms with Crippen LogP contribution in [0.1, 0.15) is 46.0 Å². The van der Waals surface area contributed by atoms with Crippen molar-refractivity contribution in [1.29, 1.82) is 0 Å². The van der Waals surface area contributed by atoms with Gasteiger partial charge in [0.05, 0.1) is 18.8 Å². The van der Waals surface area contributed by atoms with Gasteiger partial charge in [0.25, 0.3) is 0 Å². The number of aliphatic hydroxyl groups excluding tert-OH is 1. The van der Waals surface area contributed by atoms with Crippen LogP contribution in [-0.2, 0) is 4.74 Å². The molecule has 0 radical (unpaired) electrons. The van der Waals surface area contributed by atoms with Gasteiger partial charge >= 0.3 is 0 Å². The number of nitrogens with zero attached hydrogens (tertiary/aromatic N) is 1. The van der Waals surface area contributed by atoms with Gasteiger partial charge in [0.2, 0.25) is 0 Å². The van der Waals surface area contributed by atoms with E-state index in [9.17, 15) is 5.11 Å². The zero-order chi connectivity index (χ0) is 12.3. The van der Waals surface area contributed by atoms with Gasteiger partial charge < -0.3 is 9.84 Å². The fourth-order valence-electron chi connectivity index (χ4n) is 3.06. The number of hydrogen-bond donors (Lipinski definition) is 1. The summed E-state index contributed by atoms with van der Waals surface area (Å²) in [5.74, 6) is 0.913. The van der Waals surface area contributed by atoms with E-state index in [1.165, 1.54) is 38.6 Å². The predicted molar refractivity (Wildman–Crippen MR) is 69.0 cm³/mol. The third kappa shape index (κ3) is 3.67. The zero-order valence-electron chi connectivity index (χ0n) is 11.3. The summed E-state index contributed by atoms with van der Waals surface area (Å²) in [6, 6.07) is 0.748. The van der Waals surface area contributed by atoms with E-state index in [0.29, 0.717) is 6.61 Å². The van der Waals surface area contributed by atoms with Crippen LogP contribution in [0.15, 0.2) is 0 Å². The lowest BCUT2D eigenvalue weighted by Crippen LogP contribution is -2.43. The first-order chi connectivity index (χ1) is 8.16. The minimum atomic E-state index is -0.321. The van der Waals surface area contributed by atoms with Crippen LogP contribution in [-0.4, -0.2) is 48.0 Å². The highest BCUT2D eigenvalue weighted by atomic mass is 16.5. The first-order valence-electron chi connectivity index (χ1n) is 7.20.